The minimum absolute atomic E-state index is 0. The van der Waals surface area contributed by atoms with Gasteiger partial charge in [0.15, 0.2) is 18.2 Å². The van der Waals surface area contributed by atoms with Gasteiger partial charge in [0, 0.05) is 17.7 Å². The average molecular weight is 404 g/mol. The van der Waals surface area contributed by atoms with Crippen molar-refractivity contribution in [2.75, 3.05) is 24.7 Å². The predicted molar refractivity (Wildman–Crippen MR) is 104 cm³/mol. The number of hydrogen-bond acceptors (Lipinski definition) is 7. The lowest BCUT2D eigenvalue weighted by atomic mass is 10.2. The number of benzene rings is 1. The summed E-state index contributed by atoms with van der Waals surface area (Å²) in [6, 6.07) is 7.05. The van der Waals surface area contributed by atoms with Crippen molar-refractivity contribution in [3.63, 3.8) is 0 Å². The van der Waals surface area contributed by atoms with Crippen LogP contribution in [0.3, 0.4) is 0 Å². The Labute approximate surface area is 168 Å². The highest BCUT2D eigenvalue weighted by atomic mass is 35.5. The number of nitrogens with two attached hydrogens (primary N) is 2. The van der Waals surface area contributed by atoms with Crippen LogP contribution in [0.1, 0.15) is 5.56 Å². The number of nitrogens with one attached hydrogen (secondary N) is 1. The maximum Gasteiger partial charge on any atom is 0.173 e. The zero-order chi connectivity index (χ0) is 19.4. The number of amidine groups is 1. The molecule has 0 aliphatic carbocycles. The van der Waals surface area contributed by atoms with E-state index in [-0.39, 0.29) is 31.5 Å². The zero-order valence-corrected chi connectivity index (χ0v) is 16.1. The predicted octanol–water partition coefficient (Wildman–Crippen LogP) is -2.40. The van der Waals surface area contributed by atoms with E-state index in [1.54, 1.807) is 17.1 Å². The number of rotatable bonds is 6. The maximum atomic E-state index is 8.90. The van der Waals surface area contributed by atoms with E-state index in [1.165, 1.54) is 6.21 Å². The van der Waals surface area contributed by atoms with Gasteiger partial charge in [-0.3, -0.25) is 5.41 Å². The first-order chi connectivity index (χ1) is 13.0. The van der Waals surface area contributed by atoms with E-state index in [0.29, 0.717) is 35.1 Å². The first-order valence-electron chi connectivity index (χ1n) is 8.34. The van der Waals surface area contributed by atoms with E-state index in [9.17, 15) is 0 Å². The summed E-state index contributed by atoms with van der Waals surface area (Å²) in [6.07, 6.45) is 5.44. The standard InChI is InChI=1S/C18H22N7O2.ClH/c1-24-4-2-3-12(10-24)11-25-18(21)16(9-22-25)23-15-8-17(27-6-5-26)14(20)7-13(15)19;/h2-4,7-10,21,26H,5-6,11,19-20H2,1H3;1H/q+1;/p-1. The third kappa shape index (κ3) is 4.76. The molecule has 10 heteroatoms. The lowest BCUT2D eigenvalue weighted by Gasteiger charge is -2.13. The Kier molecular flexibility index (Phi) is 6.91. The van der Waals surface area contributed by atoms with Gasteiger partial charge < -0.3 is 33.7 Å². The molecule has 1 aliphatic rings. The van der Waals surface area contributed by atoms with Gasteiger partial charge >= 0.3 is 0 Å². The molecule has 1 aromatic heterocycles. The van der Waals surface area contributed by atoms with Crippen molar-refractivity contribution < 1.29 is 26.8 Å². The molecule has 0 spiro atoms. The third-order valence-corrected chi connectivity index (χ3v) is 3.90. The number of aryl methyl sites for hydroxylation is 1. The molecule has 0 atom stereocenters. The fraction of sp³-hybridized carbons (Fsp3) is 0.222. The first kappa shape index (κ1) is 21.1. The van der Waals surface area contributed by atoms with Gasteiger partial charge in [-0.2, -0.15) is 5.10 Å². The second kappa shape index (κ2) is 9.16. The smallest absolute Gasteiger partial charge is 0.173 e. The molecule has 0 bridgehead atoms. The van der Waals surface area contributed by atoms with E-state index >= 15 is 0 Å². The molecular formula is C18H22ClN7O2. The maximum absolute atomic E-state index is 8.90. The van der Waals surface area contributed by atoms with E-state index < -0.39 is 0 Å². The van der Waals surface area contributed by atoms with Crippen LogP contribution in [0.25, 0.3) is 0 Å². The Hall–Kier alpha value is -3.17. The van der Waals surface area contributed by atoms with Crippen molar-refractivity contribution >= 4 is 34.8 Å². The number of aromatic nitrogens is 1. The van der Waals surface area contributed by atoms with Gasteiger partial charge in [-0.1, -0.05) is 0 Å². The number of nitrogen functional groups attached to an aromatic ring is 2. The van der Waals surface area contributed by atoms with Crippen LogP contribution in [0.4, 0.5) is 17.1 Å². The molecule has 2 aromatic rings. The zero-order valence-electron chi connectivity index (χ0n) is 15.3. The number of aliphatic imine (C=N–C) groups is 1. The normalized spacial score (nSPS) is 14.4. The van der Waals surface area contributed by atoms with Crippen LogP contribution in [0, 0.1) is 5.41 Å². The molecule has 0 fully saturated rings. The fourth-order valence-electron chi connectivity index (χ4n) is 2.60. The van der Waals surface area contributed by atoms with E-state index in [1.807, 2.05) is 36.1 Å². The van der Waals surface area contributed by atoms with Gasteiger partial charge in [0.25, 0.3) is 0 Å². The number of aliphatic hydroxyl groups excluding tert-OH is 1. The Balaban J connectivity index is 0.00000280. The van der Waals surface area contributed by atoms with Crippen LogP contribution < -0.4 is 33.2 Å². The molecule has 1 aliphatic heterocycles. The Bertz CT molecular complexity index is 930. The summed E-state index contributed by atoms with van der Waals surface area (Å²) < 4.78 is 7.33. The van der Waals surface area contributed by atoms with Crippen LogP contribution in [0.2, 0.25) is 0 Å². The summed E-state index contributed by atoms with van der Waals surface area (Å²) in [5.41, 5.74) is 14.4. The summed E-state index contributed by atoms with van der Waals surface area (Å²) >= 11 is 0. The minimum atomic E-state index is -0.128. The third-order valence-electron chi connectivity index (χ3n) is 3.90. The summed E-state index contributed by atoms with van der Waals surface area (Å²) in [4.78, 5) is 4.43. The van der Waals surface area contributed by atoms with E-state index in [4.69, 9.17) is 26.7 Å². The summed E-state index contributed by atoms with van der Waals surface area (Å²) in [5, 5.41) is 23.0. The topological polar surface area (TPSA) is 137 Å². The van der Waals surface area contributed by atoms with Crippen LogP contribution >= 0.6 is 0 Å². The lowest BCUT2D eigenvalue weighted by Crippen LogP contribution is -3.00. The highest BCUT2D eigenvalue weighted by molar-refractivity contribution is 6.63. The highest BCUT2D eigenvalue weighted by Crippen LogP contribution is 2.33. The van der Waals surface area contributed by atoms with E-state index in [0.717, 1.165) is 5.56 Å². The van der Waals surface area contributed by atoms with Crippen molar-refractivity contribution in [3.8, 4) is 5.75 Å². The molecule has 28 heavy (non-hydrogen) atoms. The summed E-state index contributed by atoms with van der Waals surface area (Å²) in [7, 11) is 1.94. The second-order valence-corrected chi connectivity index (χ2v) is 6.05. The van der Waals surface area contributed by atoms with Crippen molar-refractivity contribution in [2.24, 2.45) is 17.1 Å². The number of hydrazone groups is 1. The first-order valence-corrected chi connectivity index (χ1v) is 8.34. The number of ether oxygens (including phenoxy) is 1. The van der Waals surface area contributed by atoms with Crippen LogP contribution in [-0.2, 0) is 13.6 Å². The monoisotopic (exact) mass is 403 g/mol. The largest absolute Gasteiger partial charge is 1.00 e. The number of anilines is 2. The van der Waals surface area contributed by atoms with Crippen molar-refractivity contribution in [1.82, 2.24) is 5.01 Å². The summed E-state index contributed by atoms with van der Waals surface area (Å²) in [6.45, 7) is 0.450. The van der Waals surface area contributed by atoms with Crippen molar-refractivity contribution in [2.45, 2.75) is 6.54 Å². The number of hydrogen-bond donors (Lipinski definition) is 4. The molecule has 6 N–H and O–H groups in total. The quantitative estimate of drug-likeness (QED) is 0.315. The van der Waals surface area contributed by atoms with Gasteiger partial charge in [-0.05, 0) is 12.1 Å². The molecular weight excluding hydrogens is 382 g/mol. The van der Waals surface area contributed by atoms with Crippen LogP contribution in [-0.4, -0.2) is 41.1 Å². The molecule has 1 aromatic carbocycles. The minimum Gasteiger partial charge on any atom is -1.00 e. The molecule has 2 heterocycles. The number of pyridine rings is 1. The van der Waals surface area contributed by atoms with Crippen LogP contribution in [0.5, 0.6) is 5.75 Å². The fourth-order valence-corrected chi connectivity index (χ4v) is 2.60. The molecule has 0 unspecified atom stereocenters. The van der Waals surface area contributed by atoms with Gasteiger partial charge in [-0.25, -0.2) is 14.6 Å². The number of halogens is 1. The van der Waals surface area contributed by atoms with Gasteiger partial charge in [0.1, 0.15) is 25.1 Å². The molecule has 3 rings (SSSR count). The van der Waals surface area contributed by atoms with Gasteiger partial charge in [-0.15, -0.1) is 0 Å². The Morgan fingerprint density at radius 2 is 2.11 bits per heavy atom. The number of nitrogens with zero attached hydrogens (tertiary/aromatic N) is 4. The molecule has 0 saturated heterocycles. The highest BCUT2D eigenvalue weighted by Gasteiger charge is 2.22. The van der Waals surface area contributed by atoms with Crippen molar-refractivity contribution in [1.29, 1.82) is 5.41 Å². The molecule has 0 amide bonds. The van der Waals surface area contributed by atoms with Gasteiger partial charge in [0.05, 0.1) is 36.4 Å². The molecule has 0 saturated carbocycles. The Morgan fingerprint density at radius 3 is 2.82 bits per heavy atom. The van der Waals surface area contributed by atoms with Crippen LogP contribution in [0.15, 0.2) is 46.8 Å². The Morgan fingerprint density at radius 1 is 1.32 bits per heavy atom. The SMILES string of the molecule is C[n+]1cccc(CN2N=CC(=Nc3cc(OCCO)c(N)cc3N)C2=N)c1.[Cl-]. The summed E-state index contributed by atoms with van der Waals surface area (Å²) in [5.74, 6) is 0.559. The lowest BCUT2D eigenvalue weighted by molar-refractivity contribution is -0.672. The number of aliphatic hydroxyl groups is 1. The van der Waals surface area contributed by atoms with E-state index in [2.05, 4.69) is 10.1 Å². The molecule has 9 nitrogen and oxygen atoms in total. The van der Waals surface area contributed by atoms with Gasteiger partial charge in [0.2, 0.25) is 0 Å². The average Bonchev–Trinajstić information content (AvgIpc) is 2.96. The second-order valence-electron chi connectivity index (χ2n) is 6.05. The van der Waals surface area contributed by atoms with Crippen molar-refractivity contribution in [3.05, 3.63) is 42.2 Å². The molecule has 0 radical (unpaired) electrons. The molecule has 148 valence electrons.